The zero-order valence-corrected chi connectivity index (χ0v) is 8.26. The van der Waals surface area contributed by atoms with Gasteiger partial charge in [0.2, 0.25) is 0 Å². The van der Waals surface area contributed by atoms with Gasteiger partial charge in [0.15, 0.2) is 11.5 Å². The van der Waals surface area contributed by atoms with Gasteiger partial charge in [-0.1, -0.05) is 6.07 Å². The van der Waals surface area contributed by atoms with E-state index in [4.69, 9.17) is 4.74 Å². The molecular weight excluding hydrogens is 192 g/mol. The van der Waals surface area contributed by atoms with Gasteiger partial charge in [0.25, 0.3) is 0 Å². The van der Waals surface area contributed by atoms with Gasteiger partial charge in [-0.2, -0.15) is 0 Å². The minimum absolute atomic E-state index is 0.0103. The highest BCUT2D eigenvalue weighted by Gasteiger charge is 2.20. The maximum Gasteiger partial charge on any atom is 0.167 e. The summed E-state index contributed by atoms with van der Waals surface area (Å²) in [7, 11) is 0. The van der Waals surface area contributed by atoms with E-state index in [1.807, 2.05) is 28.8 Å². The summed E-state index contributed by atoms with van der Waals surface area (Å²) in [5.41, 5.74) is 0.863. The molecule has 0 spiro atoms. The van der Waals surface area contributed by atoms with Crippen LogP contribution in [0.1, 0.15) is 11.9 Å². The number of aromatic nitrogens is 3. The molecule has 3 heterocycles. The Morgan fingerprint density at radius 2 is 2.40 bits per heavy atom. The number of morpholine rings is 1. The van der Waals surface area contributed by atoms with E-state index in [9.17, 15) is 0 Å². The zero-order valence-electron chi connectivity index (χ0n) is 8.26. The Morgan fingerprint density at radius 3 is 3.27 bits per heavy atom. The second kappa shape index (κ2) is 3.60. The van der Waals surface area contributed by atoms with Gasteiger partial charge >= 0.3 is 0 Å². The largest absolute Gasteiger partial charge is 0.368 e. The van der Waals surface area contributed by atoms with Crippen LogP contribution in [0.2, 0.25) is 0 Å². The quantitative estimate of drug-likeness (QED) is 0.730. The molecular formula is C10H12N4O. The van der Waals surface area contributed by atoms with E-state index in [2.05, 4.69) is 15.5 Å². The lowest BCUT2D eigenvalue weighted by atomic mass is 10.3. The van der Waals surface area contributed by atoms with Crippen molar-refractivity contribution in [3.05, 3.63) is 30.2 Å². The first kappa shape index (κ1) is 8.82. The highest BCUT2D eigenvalue weighted by Crippen LogP contribution is 2.17. The van der Waals surface area contributed by atoms with Gasteiger partial charge in [-0.3, -0.25) is 4.40 Å². The number of fused-ring (bicyclic) bond motifs is 1. The third-order valence-electron chi connectivity index (χ3n) is 2.56. The Hall–Kier alpha value is -1.46. The van der Waals surface area contributed by atoms with Crippen LogP contribution < -0.4 is 5.32 Å². The van der Waals surface area contributed by atoms with E-state index in [0.717, 1.165) is 31.2 Å². The van der Waals surface area contributed by atoms with Crippen LogP contribution in [0.3, 0.4) is 0 Å². The number of rotatable bonds is 1. The Morgan fingerprint density at radius 1 is 1.40 bits per heavy atom. The molecule has 0 radical (unpaired) electrons. The second-order valence-electron chi connectivity index (χ2n) is 3.55. The van der Waals surface area contributed by atoms with E-state index in [1.54, 1.807) is 0 Å². The van der Waals surface area contributed by atoms with Crippen LogP contribution in [-0.4, -0.2) is 34.3 Å². The summed E-state index contributed by atoms with van der Waals surface area (Å²) in [6, 6.07) is 5.86. The van der Waals surface area contributed by atoms with Gasteiger partial charge in [-0.15, -0.1) is 10.2 Å². The van der Waals surface area contributed by atoms with Crippen LogP contribution in [0.15, 0.2) is 24.4 Å². The lowest BCUT2D eigenvalue weighted by molar-refractivity contribution is 0.0215. The number of pyridine rings is 1. The fourth-order valence-corrected chi connectivity index (χ4v) is 1.81. The third-order valence-corrected chi connectivity index (χ3v) is 2.56. The van der Waals surface area contributed by atoms with E-state index in [1.165, 1.54) is 0 Å². The van der Waals surface area contributed by atoms with Gasteiger partial charge < -0.3 is 10.1 Å². The van der Waals surface area contributed by atoms with Crippen LogP contribution in [0.25, 0.3) is 5.65 Å². The van der Waals surface area contributed by atoms with Crippen molar-refractivity contribution in [1.82, 2.24) is 19.9 Å². The van der Waals surface area contributed by atoms with Crippen molar-refractivity contribution in [3.63, 3.8) is 0 Å². The number of hydrogen-bond acceptors (Lipinski definition) is 4. The molecule has 0 bridgehead atoms. The van der Waals surface area contributed by atoms with Crippen molar-refractivity contribution in [3.8, 4) is 0 Å². The molecule has 0 aromatic carbocycles. The molecule has 1 unspecified atom stereocenters. The number of hydrogen-bond donors (Lipinski definition) is 1. The second-order valence-corrected chi connectivity index (χ2v) is 3.55. The average Bonchev–Trinajstić information content (AvgIpc) is 2.74. The maximum absolute atomic E-state index is 5.64. The Bertz CT molecular complexity index is 461. The fourth-order valence-electron chi connectivity index (χ4n) is 1.81. The van der Waals surface area contributed by atoms with Crippen LogP contribution in [0.5, 0.6) is 0 Å². The number of ether oxygens (including phenoxy) is 1. The summed E-state index contributed by atoms with van der Waals surface area (Å²) < 4.78 is 7.61. The van der Waals surface area contributed by atoms with E-state index >= 15 is 0 Å². The average molecular weight is 204 g/mol. The normalized spacial score (nSPS) is 22.0. The Labute approximate surface area is 87.1 Å². The monoisotopic (exact) mass is 204 g/mol. The molecule has 1 saturated heterocycles. The van der Waals surface area contributed by atoms with Crippen molar-refractivity contribution < 1.29 is 4.74 Å². The standard InChI is InChI=1S/C10H12N4O/c1-2-5-14-9(3-1)12-13-10(14)8-7-11-4-6-15-8/h1-3,5,8,11H,4,6-7H2. The van der Waals surface area contributed by atoms with E-state index < -0.39 is 0 Å². The molecule has 78 valence electrons. The molecule has 5 nitrogen and oxygen atoms in total. The molecule has 2 aromatic heterocycles. The highest BCUT2D eigenvalue weighted by molar-refractivity contribution is 5.37. The molecule has 1 fully saturated rings. The van der Waals surface area contributed by atoms with E-state index in [-0.39, 0.29) is 6.10 Å². The van der Waals surface area contributed by atoms with Gasteiger partial charge in [0, 0.05) is 19.3 Å². The molecule has 0 saturated carbocycles. The summed E-state index contributed by atoms with van der Waals surface area (Å²) in [4.78, 5) is 0. The van der Waals surface area contributed by atoms with Gasteiger partial charge in [0.1, 0.15) is 6.10 Å². The molecule has 1 N–H and O–H groups in total. The minimum atomic E-state index is 0.0103. The van der Waals surface area contributed by atoms with E-state index in [0.29, 0.717) is 0 Å². The summed E-state index contributed by atoms with van der Waals surface area (Å²) in [5, 5.41) is 11.5. The SMILES string of the molecule is c1ccn2c(C3CNCCO3)nnc2c1. The molecule has 15 heavy (non-hydrogen) atoms. The van der Waals surface area contributed by atoms with Crippen LogP contribution in [0.4, 0.5) is 0 Å². The highest BCUT2D eigenvalue weighted by atomic mass is 16.5. The Balaban J connectivity index is 2.02. The van der Waals surface area contributed by atoms with Crippen molar-refractivity contribution in [2.75, 3.05) is 19.7 Å². The van der Waals surface area contributed by atoms with Crippen LogP contribution >= 0.6 is 0 Å². The van der Waals surface area contributed by atoms with Crippen LogP contribution in [-0.2, 0) is 4.74 Å². The predicted octanol–water partition coefficient (Wildman–Crippen LogP) is 0.390. The third kappa shape index (κ3) is 1.49. The first-order chi connectivity index (χ1) is 7.45. The molecule has 0 amide bonds. The minimum Gasteiger partial charge on any atom is -0.368 e. The van der Waals surface area contributed by atoms with Crippen molar-refractivity contribution >= 4 is 5.65 Å². The number of nitrogens with zero attached hydrogens (tertiary/aromatic N) is 3. The first-order valence-corrected chi connectivity index (χ1v) is 5.07. The molecule has 5 heteroatoms. The summed E-state index contributed by atoms with van der Waals surface area (Å²) in [6.07, 6.45) is 1.97. The molecule has 0 aliphatic carbocycles. The molecule has 3 rings (SSSR count). The first-order valence-electron chi connectivity index (χ1n) is 5.07. The lowest BCUT2D eigenvalue weighted by Crippen LogP contribution is -2.34. The predicted molar refractivity (Wildman–Crippen MR) is 54.5 cm³/mol. The lowest BCUT2D eigenvalue weighted by Gasteiger charge is -2.21. The van der Waals surface area contributed by atoms with Gasteiger partial charge in [-0.05, 0) is 12.1 Å². The van der Waals surface area contributed by atoms with Crippen LogP contribution in [0, 0.1) is 0 Å². The zero-order chi connectivity index (χ0) is 10.1. The molecule has 1 atom stereocenters. The van der Waals surface area contributed by atoms with Crippen molar-refractivity contribution in [2.45, 2.75) is 6.10 Å². The topological polar surface area (TPSA) is 51.5 Å². The fraction of sp³-hybridized carbons (Fsp3) is 0.400. The number of nitrogens with one attached hydrogen (secondary N) is 1. The summed E-state index contributed by atoms with van der Waals surface area (Å²) >= 11 is 0. The Kier molecular flexibility index (Phi) is 2.12. The molecule has 1 aliphatic rings. The summed E-state index contributed by atoms with van der Waals surface area (Å²) in [5.74, 6) is 0.873. The maximum atomic E-state index is 5.64. The smallest absolute Gasteiger partial charge is 0.167 e. The molecule has 1 aliphatic heterocycles. The van der Waals surface area contributed by atoms with Crippen molar-refractivity contribution in [1.29, 1.82) is 0 Å². The van der Waals surface area contributed by atoms with Gasteiger partial charge in [-0.25, -0.2) is 0 Å². The van der Waals surface area contributed by atoms with Gasteiger partial charge in [0.05, 0.1) is 6.61 Å². The molecule has 2 aromatic rings. The summed E-state index contributed by atoms with van der Waals surface area (Å²) in [6.45, 7) is 2.44. The van der Waals surface area contributed by atoms with Crippen molar-refractivity contribution in [2.24, 2.45) is 0 Å².